The third-order valence-electron chi connectivity index (χ3n) is 7.37. The molecule has 1 heteroatoms. The molecular formula is C28H52O. The van der Waals surface area contributed by atoms with Gasteiger partial charge in [-0.15, -0.1) is 0 Å². The van der Waals surface area contributed by atoms with Crippen LogP contribution < -0.4 is 0 Å². The highest BCUT2D eigenvalue weighted by Gasteiger charge is 2.24. The van der Waals surface area contributed by atoms with Gasteiger partial charge >= 0.3 is 0 Å². The first-order chi connectivity index (χ1) is 13.7. The Hall–Kier alpha value is -0.590. The Morgan fingerprint density at radius 1 is 0.759 bits per heavy atom. The van der Waals surface area contributed by atoms with E-state index in [0.29, 0.717) is 5.78 Å². The SMILES string of the molecule is CC1=C(CCC(C)CCCC(C)CCC(C)CCCCC(C)C)C(=O)C(C)CC1. The molecule has 0 N–H and O–H groups in total. The van der Waals surface area contributed by atoms with Crippen molar-refractivity contribution < 1.29 is 4.79 Å². The van der Waals surface area contributed by atoms with Gasteiger partial charge in [0.25, 0.3) is 0 Å². The van der Waals surface area contributed by atoms with Crippen molar-refractivity contribution in [2.75, 3.05) is 0 Å². The molecular weight excluding hydrogens is 352 g/mol. The summed E-state index contributed by atoms with van der Waals surface area (Å²) in [5.41, 5.74) is 2.54. The quantitative estimate of drug-likeness (QED) is 0.249. The van der Waals surface area contributed by atoms with Crippen molar-refractivity contribution in [1.82, 2.24) is 0 Å². The topological polar surface area (TPSA) is 17.1 Å². The highest BCUT2D eigenvalue weighted by molar-refractivity contribution is 5.98. The monoisotopic (exact) mass is 404 g/mol. The van der Waals surface area contributed by atoms with Crippen LogP contribution >= 0.6 is 0 Å². The summed E-state index contributed by atoms with van der Waals surface area (Å²) in [6, 6.07) is 0. The third kappa shape index (κ3) is 11.4. The van der Waals surface area contributed by atoms with Gasteiger partial charge in [0, 0.05) is 5.92 Å². The van der Waals surface area contributed by atoms with Crippen LogP contribution in [0.4, 0.5) is 0 Å². The lowest BCUT2D eigenvalue weighted by molar-refractivity contribution is -0.119. The van der Waals surface area contributed by atoms with Crippen LogP contribution in [0, 0.1) is 29.6 Å². The number of hydrogen-bond acceptors (Lipinski definition) is 1. The van der Waals surface area contributed by atoms with Crippen molar-refractivity contribution in [1.29, 1.82) is 0 Å². The number of rotatable bonds is 15. The van der Waals surface area contributed by atoms with Gasteiger partial charge in [0.1, 0.15) is 0 Å². The first-order valence-corrected chi connectivity index (χ1v) is 12.9. The maximum absolute atomic E-state index is 12.4. The predicted molar refractivity (Wildman–Crippen MR) is 129 cm³/mol. The molecule has 0 fully saturated rings. The largest absolute Gasteiger partial charge is 0.294 e. The standard InChI is InChI=1S/C28H52O/c1-21(2)11-8-9-12-22(3)15-16-23(4)13-10-14-24(5)17-20-27-25(6)18-19-26(7)28(27)29/h21-24,26H,8-20H2,1-7H3. The minimum Gasteiger partial charge on any atom is -0.294 e. The molecule has 0 aromatic heterocycles. The lowest BCUT2D eigenvalue weighted by Gasteiger charge is -2.23. The van der Waals surface area contributed by atoms with E-state index in [9.17, 15) is 4.79 Å². The highest BCUT2D eigenvalue weighted by Crippen LogP contribution is 2.30. The van der Waals surface area contributed by atoms with Gasteiger partial charge in [0.2, 0.25) is 0 Å². The van der Waals surface area contributed by atoms with Gasteiger partial charge in [0.05, 0.1) is 0 Å². The molecule has 1 rings (SSSR count). The van der Waals surface area contributed by atoms with Crippen molar-refractivity contribution in [3.05, 3.63) is 11.1 Å². The van der Waals surface area contributed by atoms with E-state index < -0.39 is 0 Å². The average molecular weight is 405 g/mol. The van der Waals surface area contributed by atoms with E-state index in [4.69, 9.17) is 0 Å². The normalized spacial score (nSPS) is 21.0. The zero-order valence-corrected chi connectivity index (χ0v) is 21.0. The number of unbranched alkanes of at least 4 members (excludes halogenated alkanes) is 1. The van der Waals surface area contributed by atoms with E-state index >= 15 is 0 Å². The summed E-state index contributed by atoms with van der Waals surface area (Å²) in [5.74, 6) is 4.06. The van der Waals surface area contributed by atoms with Gasteiger partial charge < -0.3 is 0 Å². The molecule has 1 aliphatic carbocycles. The van der Waals surface area contributed by atoms with Crippen LogP contribution in [-0.2, 0) is 4.79 Å². The van der Waals surface area contributed by atoms with Crippen molar-refractivity contribution in [2.45, 2.75) is 132 Å². The molecule has 0 aromatic rings. The molecule has 0 saturated heterocycles. The van der Waals surface area contributed by atoms with E-state index in [1.165, 1.54) is 75.4 Å². The zero-order valence-electron chi connectivity index (χ0n) is 21.0. The summed E-state index contributed by atoms with van der Waals surface area (Å²) in [5, 5.41) is 0. The van der Waals surface area contributed by atoms with E-state index in [-0.39, 0.29) is 5.92 Å². The summed E-state index contributed by atoms with van der Waals surface area (Å²) in [7, 11) is 0. The lowest BCUT2D eigenvalue weighted by atomic mass is 9.81. The first kappa shape index (κ1) is 26.4. The smallest absolute Gasteiger partial charge is 0.161 e. The van der Waals surface area contributed by atoms with E-state index in [0.717, 1.165) is 42.9 Å². The number of hydrogen-bond donors (Lipinski definition) is 0. The van der Waals surface area contributed by atoms with Gasteiger partial charge in [-0.2, -0.15) is 0 Å². The van der Waals surface area contributed by atoms with Crippen LogP contribution in [0.25, 0.3) is 0 Å². The molecule has 4 atom stereocenters. The molecule has 0 saturated carbocycles. The minimum atomic E-state index is 0.252. The zero-order chi connectivity index (χ0) is 21.8. The minimum absolute atomic E-state index is 0.252. The number of Topliss-reactive ketones (excluding diaryl/α,β-unsaturated/α-hetero) is 1. The van der Waals surface area contributed by atoms with Crippen LogP contribution in [0.15, 0.2) is 11.1 Å². The van der Waals surface area contributed by atoms with Crippen molar-refractivity contribution in [3.8, 4) is 0 Å². The van der Waals surface area contributed by atoms with Gasteiger partial charge in [-0.25, -0.2) is 0 Å². The van der Waals surface area contributed by atoms with Crippen LogP contribution in [0.1, 0.15) is 132 Å². The van der Waals surface area contributed by atoms with Crippen molar-refractivity contribution in [2.24, 2.45) is 29.6 Å². The Labute approximate surface area is 183 Å². The van der Waals surface area contributed by atoms with Gasteiger partial charge in [-0.1, -0.05) is 105 Å². The lowest BCUT2D eigenvalue weighted by Crippen LogP contribution is -2.20. The summed E-state index contributed by atoms with van der Waals surface area (Å²) >= 11 is 0. The second-order valence-electron chi connectivity index (χ2n) is 11.1. The Kier molecular flexibility index (Phi) is 13.2. The molecule has 0 amide bonds. The molecule has 170 valence electrons. The van der Waals surface area contributed by atoms with E-state index in [1.807, 2.05) is 0 Å². The Morgan fingerprint density at radius 3 is 1.86 bits per heavy atom. The molecule has 29 heavy (non-hydrogen) atoms. The second-order valence-corrected chi connectivity index (χ2v) is 11.1. The van der Waals surface area contributed by atoms with Crippen LogP contribution in [0.5, 0.6) is 0 Å². The van der Waals surface area contributed by atoms with Crippen LogP contribution in [0.2, 0.25) is 0 Å². The van der Waals surface area contributed by atoms with Crippen LogP contribution in [0.3, 0.4) is 0 Å². The summed E-state index contributed by atoms with van der Waals surface area (Å²) in [6.45, 7) is 16.2. The van der Waals surface area contributed by atoms with E-state index in [2.05, 4.69) is 48.5 Å². The molecule has 0 spiro atoms. The number of carbonyl (C=O) groups excluding carboxylic acids is 1. The van der Waals surface area contributed by atoms with Crippen molar-refractivity contribution in [3.63, 3.8) is 0 Å². The fourth-order valence-electron chi connectivity index (χ4n) is 4.81. The molecule has 0 heterocycles. The molecule has 0 aliphatic heterocycles. The van der Waals surface area contributed by atoms with Crippen LogP contribution in [-0.4, -0.2) is 5.78 Å². The summed E-state index contributed by atoms with van der Waals surface area (Å²) in [4.78, 5) is 12.4. The molecule has 0 bridgehead atoms. The Morgan fingerprint density at radius 2 is 1.28 bits per heavy atom. The Balaban J connectivity index is 2.12. The van der Waals surface area contributed by atoms with Gasteiger partial charge in [-0.3, -0.25) is 4.79 Å². The number of ketones is 1. The molecule has 1 aliphatic rings. The van der Waals surface area contributed by atoms with E-state index in [1.54, 1.807) is 0 Å². The maximum Gasteiger partial charge on any atom is 0.161 e. The number of carbonyl (C=O) groups is 1. The molecule has 4 unspecified atom stereocenters. The Bertz CT molecular complexity index is 487. The number of allylic oxidation sites excluding steroid dienone is 2. The predicted octanol–water partition coefficient (Wildman–Crippen LogP) is 9.16. The van der Waals surface area contributed by atoms with Gasteiger partial charge in [-0.05, 0) is 61.9 Å². The summed E-state index contributed by atoms with van der Waals surface area (Å²) < 4.78 is 0. The maximum atomic E-state index is 12.4. The first-order valence-electron chi connectivity index (χ1n) is 12.9. The molecule has 0 aromatic carbocycles. The fraction of sp³-hybridized carbons (Fsp3) is 0.893. The average Bonchev–Trinajstić information content (AvgIpc) is 2.66. The molecule has 0 radical (unpaired) electrons. The van der Waals surface area contributed by atoms with Gasteiger partial charge in [0.15, 0.2) is 5.78 Å². The highest BCUT2D eigenvalue weighted by atomic mass is 16.1. The molecule has 1 nitrogen and oxygen atoms in total. The third-order valence-corrected chi connectivity index (χ3v) is 7.37. The second kappa shape index (κ2) is 14.4. The fourth-order valence-corrected chi connectivity index (χ4v) is 4.81. The van der Waals surface area contributed by atoms with Crippen molar-refractivity contribution >= 4 is 5.78 Å². The summed E-state index contributed by atoms with van der Waals surface area (Å²) in [6.07, 6.45) is 16.9.